The second kappa shape index (κ2) is 11.4. The molecule has 31 heavy (non-hydrogen) atoms. The normalized spacial score (nSPS) is 20.8. The summed E-state index contributed by atoms with van der Waals surface area (Å²) >= 11 is 0. The van der Waals surface area contributed by atoms with Gasteiger partial charge in [-0.3, -0.25) is 4.99 Å². The number of ether oxygens (including phenoxy) is 2. The zero-order valence-electron chi connectivity index (χ0n) is 17.9. The minimum atomic E-state index is -4.33. The summed E-state index contributed by atoms with van der Waals surface area (Å²) in [5.74, 6) is 6.59. The number of benzene rings is 1. The Morgan fingerprint density at radius 1 is 1.19 bits per heavy atom. The average Bonchev–Trinajstić information content (AvgIpc) is 2.79. The molecule has 5 nitrogen and oxygen atoms in total. The second-order valence-corrected chi connectivity index (χ2v) is 7.79. The Kier molecular flexibility index (Phi) is 8.61. The maximum atomic E-state index is 12.6. The zero-order chi connectivity index (χ0) is 22.1. The molecule has 8 heteroatoms. The van der Waals surface area contributed by atoms with Gasteiger partial charge < -0.3 is 19.7 Å². The molecule has 0 aliphatic carbocycles. The number of guanidine groups is 1. The molecule has 2 aliphatic rings. The van der Waals surface area contributed by atoms with E-state index in [0.29, 0.717) is 18.7 Å². The number of aliphatic imine (C=N–C) groups is 1. The van der Waals surface area contributed by atoms with E-state index >= 15 is 0 Å². The number of hydrogen-bond donors (Lipinski definition) is 1. The molecule has 0 bridgehead atoms. The first-order valence-corrected chi connectivity index (χ1v) is 10.8. The minimum absolute atomic E-state index is 0.240. The van der Waals surface area contributed by atoms with Crippen LogP contribution in [0.4, 0.5) is 13.2 Å². The van der Waals surface area contributed by atoms with E-state index in [0.717, 1.165) is 63.5 Å². The molecule has 1 N–H and O–H groups in total. The number of nitrogens with zero attached hydrogens (tertiary/aromatic N) is 2. The summed E-state index contributed by atoms with van der Waals surface area (Å²) < 4.78 is 49.6. The first kappa shape index (κ1) is 23.4. The van der Waals surface area contributed by atoms with Crippen LogP contribution in [0.2, 0.25) is 0 Å². The molecule has 1 aromatic carbocycles. The third-order valence-electron chi connectivity index (χ3n) is 5.52. The van der Waals surface area contributed by atoms with Gasteiger partial charge in [-0.05, 0) is 56.4 Å². The maximum absolute atomic E-state index is 12.6. The topological polar surface area (TPSA) is 46.1 Å². The van der Waals surface area contributed by atoms with Crippen LogP contribution in [0.25, 0.3) is 0 Å². The highest BCUT2D eigenvalue weighted by Crippen LogP contribution is 2.28. The van der Waals surface area contributed by atoms with Crippen LogP contribution >= 0.6 is 0 Å². The number of nitrogens with one attached hydrogen (secondary N) is 1. The van der Waals surface area contributed by atoms with E-state index < -0.39 is 11.7 Å². The smallest absolute Gasteiger partial charge is 0.376 e. The summed E-state index contributed by atoms with van der Waals surface area (Å²) in [5.41, 5.74) is -0.125. The monoisotopic (exact) mass is 437 g/mol. The number of likely N-dealkylation sites (tertiary alicyclic amines) is 1. The molecule has 1 aromatic rings. The molecule has 2 fully saturated rings. The molecule has 0 radical (unpaired) electrons. The Labute approximate surface area is 182 Å². The van der Waals surface area contributed by atoms with Crippen molar-refractivity contribution in [2.24, 2.45) is 4.99 Å². The molecule has 2 aliphatic heterocycles. The molecule has 2 heterocycles. The predicted molar refractivity (Wildman–Crippen MR) is 114 cm³/mol. The molecule has 1 unspecified atom stereocenters. The lowest BCUT2D eigenvalue weighted by Crippen LogP contribution is -2.47. The van der Waals surface area contributed by atoms with Gasteiger partial charge in [0.1, 0.15) is 0 Å². The van der Waals surface area contributed by atoms with Gasteiger partial charge in [0.2, 0.25) is 0 Å². The second-order valence-electron chi connectivity index (χ2n) is 7.79. The minimum Gasteiger partial charge on any atom is -0.376 e. The average molecular weight is 438 g/mol. The van der Waals surface area contributed by atoms with E-state index in [1.165, 1.54) is 18.6 Å². The van der Waals surface area contributed by atoms with Crippen LogP contribution in [0.15, 0.2) is 29.3 Å². The van der Waals surface area contributed by atoms with E-state index in [1.54, 1.807) is 7.05 Å². The third-order valence-corrected chi connectivity index (χ3v) is 5.52. The summed E-state index contributed by atoms with van der Waals surface area (Å²) in [6, 6.07) is 4.85. The van der Waals surface area contributed by atoms with Crippen LogP contribution in [0.1, 0.15) is 43.2 Å². The fourth-order valence-corrected chi connectivity index (χ4v) is 3.76. The van der Waals surface area contributed by atoms with Crippen molar-refractivity contribution in [2.45, 2.75) is 50.5 Å². The third kappa shape index (κ3) is 7.44. The van der Waals surface area contributed by atoms with Gasteiger partial charge in [-0.25, -0.2) is 0 Å². The van der Waals surface area contributed by atoms with E-state index in [2.05, 4.69) is 27.0 Å². The molecule has 170 valence electrons. The van der Waals surface area contributed by atoms with Crippen molar-refractivity contribution in [1.82, 2.24) is 10.2 Å². The molecule has 0 saturated carbocycles. The van der Waals surface area contributed by atoms with Crippen molar-refractivity contribution in [3.05, 3.63) is 35.4 Å². The van der Waals surface area contributed by atoms with Crippen LogP contribution in [0, 0.1) is 11.8 Å². The predicted octanol–water partition coefficient (Wildman–Crippen LogP) is 3.68. The largest absolute Gasteiger partial charge is 0.416 e. The summed E-state index contributed by atoms with van der Waals surface area (Å²) in [7, 11) is 1.73. The fraction of sp³-hybridized carbons (Fsp3) is 0.609. The van der Waals surface area contributed by atoms with Crippen LogP contribution < -0.4 is 5.32 Å². The van der Waals surface area contributed by atoms with Crippen molar-refractivity contribution in [1.29, 1.82) is 0 Å². The highest BCUT2D eigenvalue weighted by atomic mass is 19.4. The summed E-state index contributed by atoms with van der Waals surface area (Å²) in [5, 5.41) is 3.21. The van der Waals surface area contributed by atoms with Crippen LogP contribution in [-0.4, -0.2) is 63.0 Å². The van der Waals surface area contributed by atoms with E-state index in [4.69, 9.17) is 9.47 Å². The van der Waals surface area contributed by atoms with E-state index in [1.807, 2.05) is 0 Å². The summed E-state index contributed by atoms with van der Waals surface area (Å²) in [4.78, 5) is 6.49. The molecular weight excluding hydrogens is 407 g/mol. The van der Waals surface area contributed by atoms with Gasteiger partial charge in [0.25, 0.3) is 0 Å². The summed E-state index contributed by atoms with van der Waals surface area (Å²) in [6.07, 6.45) is 1.48. The fourth-order valence-electron chi connectivity index (χ4n) is 3.76. The molecule has 2 saturated heterocycles. The Morgan fingerprint density at radius 2 is 1.94 bits per heavy atom. The highest BCUT2D eigenvalue weighted by molar-refractivity contribution is 5.80. The lowest BCUT2D eigenvalue weighted by atomic mass is 10.1. The first-order valence-electron chi connectivity index (χ1n) is 10.8. The molecule has 1 atom stereocenters. The highest BCUT2D eigenvalue weighted by Gasteiger charge is 2.29. The molecule has 0 aromatic heterocycles. The van der Waals surface area contributed by atoms with Gasteiger partial charge >= 0.3 is 6.18 Å². The number of hydrogen-bond acceptors (Lipinski definition) is 3. The number of alkyl halides is 3. The molecular formula is C23H30F3N3O2. The Hall–Kier alpha value is -2.24. The van der Waals surface area contributed by atoms with Gasteiger partial charge in [-0.15, -0.1) is 0 Å². The van der Waals surface area contributed by atoms with Crippen molar-refractivity contribution in [3.8, 4) is 11.8 Å². The molecule has 0 amide bonds. The van der Waals surface area contributed by atoms with Crippen LogP contribution in [0.3, 0.4) is 0 Å². The number of piperidine rings is 1. The summed E-state index contributed by atoms with van der Waals surface area (Å²) in [6.45, 7) is 3.58. The zero-order valence-corrected chi connectivity index (χ0v) is 17.9. The maximum Gasteiger partial charge on any atom is 0.416 e. The first-order chi connectivity index (χ1) is 15.0. The lowest BCUT2D eigenvalue weighted by Gasteiger charge is -2.34. The van der Waals surface area contributed by atoms with Crippen LogP contribution in [0.5, 0.6) is 0 Å². The van der Waals surface area contributed by atoms with Crippen molar-refractivity contribution >= 4 is 5.96 Å². The van der Waals surface area contributed by atoms with Gasteiger partial charge in [0, 0.05) is 32.3 Å². The lowest BCUT2D eigenvalue weighted by molar-refractivity contribution is -0.137. The molecule has 0 spiro atoms. The van der Waals surface area contributed by atoms with Crippen molar-refractivity contribution in [3.63, 3.8) is 0 Å². The Balaban J connectivity index is 1.38. The standard InChI is InChI=1S/C23H30F3N3O2/c1-27-22(28-13-4-5-18-7-9-19(10-8-18)23(24,25)26)29-14-11-20(12-15-29)31-17-21-6-2-3-16-30-21/h7-10,20-21H,2-3,6,11-17H2,1H3,(H,27,28). The SMILES string of the molecule is CN=C(NCC#Cc1ccc(C(F)(F)F)cc1)N1CCC(OCC2CCCCO2)CC1. The molecule has 3 rings (SSSR count). The number of halogens is 3. The Bertz CT molecular complexity index is 770. The van der Waals surface area contributed by atoms with Gasteiger partial charge in [0.15, 0.2) is 5.96 Å². The van der Waals surface area contributed by atoms with E-state index in [9.17, 15) is 13.2 Å². The quantitative estimate of drug-likeness (QED) is 0.444. The van der Waals surface area contributed by atoms with Crippen molar-refractivity contribution in [2.75, 3.05) is 39.9 Å². The Morgan fingerprint density at radius 3 is 2.55 bits per heavy atom. The van der Waals surface area contributed by atoms with Crippen LogP contribution in [-0.2, 0) is 15.7 Å². The van der Waals surface area contributed by atoms with Crippen molar-refractivity contribution < 1.29 is 22.6 Å². The van der Waals surface area contributed by atoms with Gasteiger partial charge in [0.05, 0.1) is 30.9 Å². The van der Waals surface area contributed by atoms with Gasteiger partial charge in [-0.2, -0.15) is 13.2 Å². The van der Waals surface area contributed by atoms with E-state index in [-0.39, 0.29) is 12.2 Å². The number of rotatable bonds is 4. The van der Waals surface area contributed by atoms with Gasteiger partial charge in [-0.1, -0.05) is 11.8 Å².